The number of nitrogens with two attached hydrogens (primary N) is 1. The molecule has 2 aromatic carbocycles. The highest BCUT2D eigenvalue weighted by Gasteiger charge is 2.11. The second-order valence-electron chi connectivity index (χ2n) is 4.89. The Morgan fingerprint density at radius 3 is 2.55 bits per heavy atom. The average Bonchev–Trinajstić information content (AvgIpc) is 2.46. The first-order valence-electron chi connectivity index (χ1n) is 6.88. The van der Waals surface area contributed by atoms with Crippen LogP contribution in [0, 0.1) is 6.92 Å². The van der Waals surface area contributed by atoms with E-state index in [1.54, 1.807) is 7.11 Å². The largest absolute Gasteiger partial charge is 0.496 e. The first-order chi connectivity index (χ1) is 9.65. The first kappa shape index (κ1) is 14.3. The van der Waals surface area contributed by atoms with E-state index in [-0.39, 0.29) is 0 Å². The summed E-state index contributed by atoms with van der Waals surface area (Å²) in [7, 11) is 1.71. The Labute approximate surface area is 121 Å². The molecule has 0 aliphatic carbocycles. The third-order valence-electron chi connectivity index (χ3n) is 3.46. The van der Waals surface area contributed by atoms with Crippen LogP contribution < -0.4 is 15.4 Å². The zero-order chi connectivity index (χ0) is 14.5. The maximum Gasteiger partial charge on any atom is 0.123 e. The molecule has 0 radical (unpaired) electrons. The minimum Gasteiger partial charge on any atom is -0.496 e. The van der Waals surface area contributed by atoms with Crippen LogP contribution in [0.4, 0.5) is 11.4 Å². The normalized spacial score (nSPS) is 10.3. The number of nitrogen functional groups attached to an aromatic ring is 1. The van der Waals surface area contributed by atoms with Crippen molar-refractivity contribution in [3.63, 3.8) is 0 Å². The summed E-state index contributed by atoms with van der Waals surface area (Å²) in [6.45, 7) is 5.91. The van der Waals surface area contributed by atoms with E-state index in [2.05, 4.69) is 36.9 Å². The van der Waals surface area contributed by atoms with Gasteiger partial charge in [-0.05, 0) is 32.0 Å². The maximum absolute atomic E-state index is 6.08. The molecule has 0 atom stereocenters. The molecule has 2 rings (SSSR count). The molecule has 0 amide bonds. The van der Waals surface area contributed by atoms with Gasteiger partial charge in [0.15, 0.2) is 0 Å². The van der Waals surface area contributed by atoms with Gasteiger partial charge in [-0.1, -0.05) is 29.8 Å². The maximum atomic E-state index is 6.08. The Balaban J connectivity index is 2.31. The molecule has 0 aliphatic heterocycles. The molecule has 2 N–H and O–H groups in total. The lowest BCUT2D eigenvalue weighted by molar-refractivity contribution is 0.409. The summed E-state index contributed by atoms with van der Waals surface area (Å²) >= 11 is 0. The predicted molar refractivity (Wildman–Crippen MR) is 85.3 cm³/mol. The third-order valence-corrected chi connectivity index (χ3v) is 3.46. The van der Waals surface area contributed by atoms with Crippen LogP contribution in [-0.2, 0) is 6.54 Å². The van der Waals surface area contributed by atoms with E-state index in [9.17, 15) is 0 Å². The fourth-order valence-electron chi connectivity index (χ4n) is 2.38. The molecule has 0 aliphatic rings. The molecule has 0 unspecified atom stereocenters. The monoisotopic (exact) mass is 270 g/mol. The number of para-hydroxylation sites is 2. The fourth-order valence-corrected chi connectivity index (χ4v) is 2.38. The molecular weight excluding hydrogens is 248 g/mol. The molecular formula is C17H22N2O. The second kappa shape index (κ2) is 6.33. The molecule has 0 heterocycles. The van der Waals surface area contributed by atoms with Gasteiger partial charge in [0, 0.05) is 18.7 Å². The number of ether oxygens (including phenoxy) is 1. The summed E-state index contributed by atoms with van der Waals surface area (Å²) in [6.07, 6.45) is 0. The van der Waals surface area contributed by atoms with E-state index < -0.39 is 0 Å². The Hall–Kier alpha value is -2.16. The molecule has 20 heavy (non-hydrogen) atoms. The van der Waals surface area contributed by atoms with Gasteiger partial charge in [0.2, 0.25) is 0 Å². The summed E-state index contributed by atoms with van der Waals surface area (Å²) in [5, 5.41) is 0. The zero-order valence-electron chi connectivity index (χ0n) is 12.4. The van der Waals surface area contributed by atoms with Crippen molar-refractivity contribution in [3.05, 3.63) is 53.6 Å². The predicted octanol–water partition coefficient (Wildman–Crippen LogP) is 3.61. The van der Waals surface area contributed by atoms with Gasteiger partial charge in [0.05, 0.1) is 18.5 Å². The van der Waals surface area contributed by atoms with Gasteiger partial charge >= 0.3 is 0 Å². The van der Waals surface area contributed by atoms with E-state index in [0.29, 0.717) is 0 Å². The zero-order valence-corrected chi connectivity index (χ0v) is 12.4. The Morgan fingerprint density at radius 2 is 1.90 bits per heavy atom. The molecule has 0 fully saturated rings. The van der Waals surface area contributed by atoms with Crippen LogP contribution in [0.5, 0.6) is 5.75 Å². The van der Waals surface area contributed by atoms with Crippen LogP contribution in [0.3, 0.4) is 0 Å². The highest BCUT2D eigenvalue weighted by molar-refractivity contribution is 5.67. The van der Waals surface area contributed by atoms with Gasteiger partial charge in [0.25, 0.3) is 0 Å². The lowest BCUT2D eigenvalue weighted by Crippen LogP contribution is -2.23. The number of rotatable bonds is 5. The Kier molecular flexibility index (Phi) is 4.51. The van der Waals surface area contributed by atoms with E-state index in [1.807, 2.05) is 24.3 Å². The smallest absolute Gasteiger partial charge is 0.123 e. The van der Waals surface area contributed by atoms with E-state index in [4.69, 9.17) is 10.5 Å². The van der Waals surface area contributed by atoms with Crippen molar-refractivity contribution < 1.29 is 4.74 Å². The van der Waals surface area contributed by atoms with Crippen LogP contribution >= 0.6 is 0 Å². The van der Waals surface area contributed by atoms with Gasteiger partial charge in [0.1, 0.15) is 5.75 Å². The van der Waals surface area contributed by atoms with Gasteiger partial charge < -0.3 is 15.4 Å². The van der Waals surface area contributed by atoms with E-state index >= 15 is 0 Å². The molecule has 0 saturated carbocycles. The van der Waals surface area contributed by atoms with Gasteiger partial charge in [-0.15, -0.1) is 0 Å². The summed E-state index contributed by atoms with van der Waals surface area (Å²) in [6, 6.07) is 14.2. The summed E-state index contributed by atoms with van der Waals surface area (Å²) < 4.78 is 5.45. The average molecular weight is 270 g/mol. The molecule has 3 heteroatoms. The topological polar surface area (TPSA) is 38.5 Å². The molecule has 2 aromatic rings. The molecule has 0 bridgehead atoms. The number of benzene rings is 2. The van der Waals surface area contributed by atoms with Crippen molar-refractivity contribution >= 4 is 11.4 Å². The number of hydrogen-bond acceptors (Lipinski definition) is 3. The highest BCUT2D eigenvalue weighted by atomic mass is 16.5. The molecule has 106 valence electrons. The van der Waals surface area contributed by atoms with Crippen molar-refractivity contribution in [1.29, 1.82) is 0 Å². The molecule has 3 nitrogen and oxygen atoms in total. The number of hydrogen-bond donors (Lipinski definition) is 1. The van der Waals surface area contributed by atoms with Gasteiger partial charge in [-0.2, -0.15) is 0 Å². The minimum absolute atomic E-state index is 0.787. The van der Waals surface area contributed by atoms with Crippen molar-refractivity contribution in [3.8, 4) is 5.75 Å². The van der Waals surface area contributed by atoms with E-state index in [0.717, 1.165) is 30.2 Å². The summed E-state index contributed by atoms with van der Waals surface area (Å²) in [4.78, 5) is 2.26. The van der Waals surface area contributed by atoms with E-state index in [1.165, 1.54) is 11.1 Å². The van der Waals surface area contributed by atoms with Crippen LogP contribution in [0.15, 0.2) is 42.5 Å². The second-order valence-corrected chi connectivity index (χ2v) is 4.89. The van der Waals surface area contributed by atoms with Gasteiger partial charge in [-0.3, -0.25) is 0 Å². The van der Waals surface area contributed by atoms with Crippen molar-refractivity contribution in [2.24, 2.45) is 0 Å². The Bertz CT molecular complexity index is 581. The first-order valence-corrected chi connectivity index (χ1v) is 6.88. The standard InChI is InChI=1S/C17H22N2O/c1-4-19(16-8-6-5-7-15(16)18)12-14-11-13(2)9-10-17(14)20-3/h5-11H,4,12,18H2,1-3H3. The van der Waals surface area contributed by atoms with Crippen molar-refractivity contribution in [2.75, 3.05) is 24.3 Å². The van der Waals surface area contributed by atoms with Crippen LogP contribution in [-0.4, -0.2) is 13.7 Å². The molecule has 0 aromatic heterocycles. The fraction of sp³-hybridized carbons (Fsp3) is 0.294. The van der Waals surface area contributed by atoms with Crippen molar-refractivity contribution in [1.82, 2.24) is 0 Å². The molecule has 0 spiro atoms. The summed E-state index contributed by atoms with van der Waals surface area (Å²) in [5.74, 6) is 0.920. The third kappa shape index (κ3) is 3.05. The number of anilines is 2. The van der Waals surface area contributed by atoms with Crippen LogP contribution in [0.2, 0.25) is 0 Å². The highest BCUT2D eigenvalue weighted by Crippen LogP contribution is 2.27. The number of nitrogens with zero attached hydrogens (tertiary/aromatic N) is 1. The van der Waals surface area contributed by atoms with Gasteiger partial charge in [-0.25, -0.2) is 0 Å². The minimum atomic E-state index is 0.787. The summed E-state index contributed by atoms with van der Waals surface area (Å²) in [5.41, 5.74) is 10.4. The van der Waals surface area contributed by atoms with Crippen LogP contribution in [0.1, 0.15) is 18.1 Å². The van der Waals surface area contributed by atoms with Crippen LogP contribution in [0.25, 0.3) is 0 Å². The number of aryl methyl sites for hydroxylation is 1. The van der Waals surface area contributed by atoms with Crippen molar-refractivity contribution in [2.45, 2.75) is 20.4 Å². The Morgan fingerprint density at radius 1 is 1.15 bits per heavy atom. The lowest BCUT2D eigenvalue weighted by atomic mass is 10.1. The SMILES string of the molecule is CCN(Cc1cc(C)ccc1OC)c1ccccc1N. The lowest BCUT2D eigenvalue weighted by Gasteiger charge is -2.25. The molecule has 0 saturated heterocycles. The number of methoxy groups -OCH3 is 1. The quantitative estimate of drug-likeness (QED) is 0.843.